The molecule has 0 aliphatic carbocycles. The van der Waals surface area contributed by atoms with Gasteiger partial charge in [-0.3, -0.25) is 14.4 Å². The van der Waals surface area contributed by atoms with Crippen LogP contribution in [0.2, 0.25) is 0 Å². The first-order chi connectivity index (χ1) is 36.0. The van der Waals surface area contributed by atoms with E-state index in [4.69, 9.17) is 14.2 Å². The van der Waals surface area contributed by atoms with E-state index in [9.17, 15) is 14.4 Å². The number of carbonyl (C=O) groups excluding carboxylic acids is 3. The SMILES string of the molecule is CCCCC/C=C\C/C=C\CCCCCCCCCC(=O)OC(COC(=O)CCCCCCC)COC(=O)CCCCCCCCCCCCCCCCCCCCCCC/C=C\C/C=C\CCCCCCC. The first kappa shape index (κ1) is 70.4. The molecule has 426 valence electrons. The molecule has 0 radical (unpaired) electrons. The number of carbonyl (C=O) groups is 3. The van der Waals surface area contributed by atoms with Crippen molar-refractivity contribution in [3.05, 3.63) is 48.6 Å². The molecule has 0 N–H and O–H groups in total. The smallest absolute Gasteiger partial charge is 0.306 e. The van der Waals surface area contributed by atoms with Crippen molar-refractivity contribution >= 4 is 17.9 Å². The van der Waals surface area contributed by atoms with Gasteiger partial charge in [0, 0.05) is 19.3 Å². The summed E-state index contributed by atoms with van der Waals surface area (Å²) in [6, 6.07) is 0. The molecule has 0 spiro atoms. The fourth-order valence-electron chi connectivity index (χ4n) is 9.45. The molecule has 0 fully saturated rings. The lowest BCUT2D eigenvalue weighted by atomic mass is 10.0. The van der Waals surface area contributed by atoms with Crippen molar-refractivity contribution in [3.63, 3.8) is 0 Å². The van der Waals surface area contributed by atoms with Gasteiger partial charge in [0.25, 0.3) is 0 Å². The number of hydrogen-bond donors (Lipinski definition) is 0. The van der Waals surface area contributed by atoms with E-state index < -0.39 is 6.10 Å². The van der Waals surface area contributed by atoms with Gasteiger partial charge in [-0.25, -0.2) is 0 Å². The van der Waals surface area contributed by atoms with Crippen LogP contribution in [0.1, 0.15) is 342 Å². The quantitative estimate of drug-likeness (QED) is 0.0261. The van der Waals surface area contributed by atoms with Gasteiger partial charge in [0.05, 0.1) is 0 Å². The van der Waals surface area contributed by atoms with E-state index in [2.05, 4.69) is 69.4 Å². The summed E-state index contributed by atoms with van der Waals surface area (Å²) in [6.45, 7) is 6.55. The Morgan fingerprint density at radius 2 is 0.493 bits per heavy atom. The van der Waals surface area contributed by atoms with Crippen LogP contribution >= 0.6 is 0 Å². The Labute approximate surface area is 454 Å². The van der Waals surface area contributed by atoms with Crippen molar-refractivity contribution in [2.75, 3.05) is 13.2 Å². The Morgan fingerprint density at radius 1 is 0.274 bits per heavy atom. The van der Waals surface area contributed by atoms with Crippen LogP contribution in [-0.2, 0) is 28.6 Å². The first-order valence-corrected chi connectivity index (χ1v) is 32.1. The second-order valence-corrected chi connectivity index (χ2v) is 21.7. The molecule has 73 heavy (non-hydrogen) atoms. The molecule has 1 atom stereocenters. The molecule has 0 aromatic carbocycles. The number of unbranched alkanes of at least 4 members (excludes halogenated alkanes) is 40. The summed E-state index contributed by atoms with van der Waals surface area (Å²) in [7, 11) is 0. The Morgan fingerprint density at radius 3 is 0.781 bits per heavy atom. The Hall–Kier alpha value is -2.63. The van der Waals surface area contributed by atoms with Crippen molar-refractivity contribution < 1.29 is 28.6 Å². The molecule has 6 heteroatoms. The fourth-order valence-corrected chi connectivity index (χ4v) is 9.45. The Balaban J connectivity index is 3.91. The van der Waals surface area contributed by atoms with E-state index in [1.165, 1.54) is 218 Å². The van der Waals surface area contributed by atoms with Gasteiger partial charge in [-0.05, 0) is 83.5 Å². The molecular weight excluding hydrogens is 901 g/mol. The van der Waals surface area contributed by atoms with E-state index in [1.807, 2.05) is 0 Å². The van der Waals surface area contributed by atoms with Gasteiger partial charge in [0.1, 0.15) is 13.2 Å². The lowest BCUT2D eigenvalue weighted by Crippen LogP contribution is -2.30. The summed E-state index contributed by atoms with van der Waals surface area (Å²) < 4.78 is 16.8. The topological polar surface area (TPSA) is 78.9 Å². The number of ether oxygens (including phenoxy) is 3. The van der Waals surface area contributed by atoms with E-state index in [0.29, 0.717) is 19.3 Å². The molecule has 0 aromatic heterocycles. The lowest BCUT2D eigenvalue weighted by Gasteiger charge is -2.18. The molecule has 0 aliphatic rings. The normalized spacial score (nSPS) is 12.3. The zero-order valence-corrected chi connectivity index (χ0v) is 48.9. The predicted octanol–water partition coefficient (Wildman–Crippen LogP) is 21.8. The summed E-state index contributed by atoms with van der Waals surface area (Å²) in [5.74, 6) is -0.879. The third-order valence-electron chi connectivity index (χ3n) is 14.3. The van der Waals surface area contributed by atoms with Crippen molar-refractivity contribution in [2.45, 2.75) is 348 Å². The lowest BCUT2D eigenvalue weighted by molar-refractivity contribution is -0.167. The average Bonchev–Trinajstić information content (AvgIpc) is 3.39. The van der Waals surface area contributed by atoms with Crippen molar-refractivity contribution in [1.82, 2.24) is 0 Å². The van der Waals surface area contributed by atoms with Crippen LogP contribution in [0.5, 0.6) is 0 Å². The predicted molar refractivity (Wildman–Crippen MR) is 316 cm³/mol. The third-order valence-corrected chi connectivity index (χ3v) is 14.3. The third kappa shape index (κ3) is 60.1. The maximum atomic E-state index is 12.8. The van der Waals surface area contributed by atoms with Gasteiger partial charge in [0.15, 0.2) is 6.10 Å². The minimum Gasteiger partial charge on any atom is -0.462 e. The number of hydrogen-bond acceptors (Lipinski definition) is 6. The minimum atomic E-state index is -0.771. The van der Waals surface area contributed by atoms with E-state index in [1.54, 1.807) is 0 Å². The zero-order valence-electron chi connectivity index (χ0n) is 48.9. The minimum absolute atomic E-state index is 0.0729. The molecule has 0 amide bonds. The summed E-state index contributed by atoms with van der Waals surface area (Å²) in [5.41, 5.74) is 0. The molecule has 6 nitrogen and oxygen atoms in total. The van der Waals surface area contributed by atoms with Gasteiger partial charge in [-0.2, -0.15) is 0 Å². The summed E-state index contributed by atoms with van der Waals surface area (Å²) in [5, 5.41) is 0. The number of rotatable bonds is 59. The van der Waals surface area contributed by atoms with Gasteiger partial charge >= 0.3 is 17.9 Å². The highest BCUT2D eigenvalue weighted by molar-refractivity contribution is 5.71. The van der Waals surface area contributed by atoms with Gasteiger partial charge in [-0.15, -0.1) is 0 Å². The fraction of sp³-hybridized carbons (Fsp3) is 0.836. The Bertz CT molecular complexity index is 1270. The van der Waals surface area contributed by atoms with Crippen LogP contribution in [0.3, 0.4) is 0 Å². The van der Waals surface area contributed by atoms with Crippen molar-refractivity contribution in [2.24, 2.45) is 0 Å². The molecule has 0 aromatic rings. The molecule has 0 rings (SSSR count). The van der Waals surface area contributed by atoms with E-state index >= 15 is 0 Å². The zero-order chi connectivity index (χ0) is 52.9. The monoisotopic (exact) mass is 1020 g/mol. The first-order valence-electron chi connectivity index (χ1n) is 32.1. The van der Waals surface area contributed by atoms with Gasteiger partial charge in [-0.1, -0.05) is 288 Å². The van der Waals surface area contributed by atoms with E-state index in [0.717, 1.165) is 83.5 Å². The van der Waals surface area contributed by atoms with Crippen molar-refractivity contribution in [1.29, 1.82) is 0 Å². The van der Waals surface area contributed by atoms with Crippen molar-refractivity contribution in [3.8, 4) is 0 Å². The summed E-state index contributed by atoms with van der Waals surface area (Å²) in [4.78, 5) is 37.9. The molecule has 0 aliphatic heterocycles. The molecule has 0 bridgehead atoms. The van der Waals surface area contributed by atoms with Crippen LogP contribution < -0.4 is 0 Å². The molecule has 0 heterocycles. The molecule has 1 unspecified atom stereocenters. The second-order valence-electron chi connectivity index (χ2n) is 21.7. The summed E-state index contributed by atoms with van der Waals surface area (Å²) >= 11 is 0. The average molecular weight is 1020 g/mol. The molecular formula is C67H122O6. The maximum Gasteiger partial charge on any atom is 0.306 e. The van der Waals surface area contributed by atoms with Crippen LogP contribution in [0.4, 0.5) is 0 Å². The van der Waals surface area contributed by atoms with Crippen LogP contribution in [0.25, 0.3) is 0 Å². The molecule has 0 saturated heterocycles. The second kappa shape index (κ2) is 61.9. The highest BCUT2D eigenvalue weighted by atomic mass is 16.6. The highest BCUT2D eigenvalue weighted by Crippen LogP contribution is 2.17. The van der Waals surface area contributed by atoms with Gasteiger partial charge in [0.2, 0.25) is 0 Å². The Kier molecular flexibility index (Phi) is 59.7. The van der Waals surface area contributed by atoms with E-state index in [-0.39, 0.29) is 31.1 Å². The van der Waals surface area contributed by atoms with Crippen LogP contribution in [-0.4, -0.2) is 37.2 Å². The highest BCUT2D eigenvalue weighted by Gasteiger charge is 2.19. The maximum absolute atomic E-state index is 12.8. The number of allylic oxidation sites excluding steroid dienone is 8. The standard InChI is InChI=1S/C67H122O6/c1-4-7-10-13-15-17-19-21-23-25-26-27-28-29-30-31-32-33-34-35-36-37-38-39-40-42-43-45-47-49-51-54-57-60-66(69)72-63-64(62-71-65(68)59-56-53-12-9-6-3)73-67(70)61-58-55-52-50-48-46-44-41-24-22-20-18-16-14-11-8-5-2/h16,18-19,21-22,24-26,64H,4-15,17,20,23,27-63H2,1-3H3/b18-16-,21-19-,24-22-,26-25-. The van der Waals surface area contributed by atoms with Crippen LogP contribution in [0.15, 0.2) is 48.6 Å². The van der Waals surface area contributed by atoms with Crippen LogP contribution in [0, 0.1) is 0 Å². The van der Waals surface area contributed by atoms with Gasteiger partial charge < -0.3 is 14.2 Å². The number of esters is 3. The molecule has 0 saturated carbocycles. The largest absolute Gasteiger partial charge is 0.462 e. The summed E-state index contributed by atoms with van der Waals surface area (Å²) in [6.07, 6.45) is 77.6.